The highest BCUT2D eigenvalue weighted by molar-refractivity contribution is 5.85. The first-order chi connectivity index (χ1) is 17.1. The van der Waals surface area contributed by atoms with E-state index in [2.05, 4.69) is 22.1 Å². The lowest BCUT2D eigenvalue weighted by atomic mass is 10.1. The number of likely N-dealkylation sites (N-methyl/N-ethyl adjacent to an activating group) is 1. The summed E-state index contributed by atoms with van der Waals surface area (Å²) in [7, 11) is 1.52. The van der Waals surface area contributed by atoms with Crippen LogP contribution < -0.4 is 20.9 Å². The lowest BCUT2D eigenvalue weighted by Gasteiger charge is -2.31. The minimum atomic E-state index is -0.313. The van der Waals surface area contributed by atoms with Crippen molar-refractivity contribution in [2.45, 2.75) is 52.7 Å². The van der Waals surface area contributed by atoms with Crippen molar-refractivity contribution in [2.75, 3.05) is 32.1 Å². The Morgan fingerprint density at radius 1 is 1.28 bits per heavy atom. The van der Waals surface area contributed by atoms with E-state index < -0.39 is 0 Å². The van der Waals surface area contributed by atoms with Crippen LogP contribution in [-0.4, -0.2) is 59.2 Å². The molecule has 0 spiro atoms. The van der Waals surface area contributed by atoms with Crippen molar-refractivity contribution >= 4 is 28.3 Å². The van der Waals surface area contributed by atoms with Gasteiger partial charge < -0.3 is 29.9 Å². The molecule has 1 saturated heterocycles. The highest BCUT2D eigenvalue weighted by Crippen LogP contribution is 2.25. The topological polar surface area (TPSA) is 108 Å². The van der Waals surface area contributed by atoms with Gasteiger partial charge in [-0.1, -0.05) is 12.7 Å². The first-order valence-electron chi connectivity index (χ1n) is 12.3. The number of carbonyl (C=O) groups is 1. The molecule has 0 saturated carbocycles. The molecule has 1 amide bonds. The van der Waals surface area contributed by atoms with Crippen LogP contribution in [0.15, 0.2) is 58.1 Å². The summed E-state index contributed by atoms with van der Waals surface area (Å²) in [5.41, 5.74) is 2.16. The number of aliphatic hydroxyl groups is 1. The molecular weight excluding hydrogens is 458 g/mol. The van der Waals surface area contributed by atoms with Crippen LogP contribution in [-0.2, 0) is 4.79 Å². The number of hydrogen-bond acceptors (Lipinski definition) is 6. The Morgan fingerprint density at radius 3 is 2.58 bits per heavy atom. The highest BCUT2D eigenvalue weighted by Gasteiger charge is 2.18. The van der Waals surface area contributed by atoms with E-state index in [1.165, 1.54) is 7.05 Å². The molecule has 3 rings (SSSR count). The summed E-state index contributed by atoms with van der Waals surface area (Å²) in [5, 5.41) is 16.5. The molecule has 0 radical (unpaired) electrons. The predicted octanol–water partition coefficient (Wildman–Crippen LogP) is 3.41. The van der Waals surface area contributed by atoms with Crippen LogP contribution in [0.4, 0.5) is 5.69 Å². The van der Waals surface area contributed by atoms with E-state index in [9.17, 15) is 14.7 Å². The number of anilines is 1. The second-order valence-corrected chi connectivity index (χ2v) is 9.25. The number of piperidine rings is 1. The van der Waals surface area contributed by atoms with E-state index in [0.717, 1.165) is 53.9 Å². The summed E-state index contributed by atoms with van der Waals surface area (Å²) < 4.78 is 7.22. The quantitative estimate of drug-likeness (QED) is 0.294. The van der Waals surface area contributed by atoms with Gasteiger partial charge >= 0.3 is 0 Å². The zero-order valence-electron chi connectivity index (χ0n) is 21.8. The first kappa shape index (κ1) is 27.0. The number of amidine groups is 1. The Kier molecular flexibility index (Phi) is 8.93. The molecule has 9 heteroatoms. The molecule has 0 aliphatic carbocycles. The number of fused-ring (bicyclic) bond motifs is 1. The molecule has 1 fully saturated rings. The van der Waals surface area contributed by atoms with Gasteiger partial charge in [-0.3, -0.25) is 9.59 Å². The molecule has 1 aliphatic heterocycles. The van der Waals surface area contributed by atoms with Gasteiger partial charge in [-0.15, -0.1) is 0 Å². The minimum absolute atomic E-state index is 0.101. The van der Waals surface area contributed by atoms with Crippen LogP contribution in [0.25, 0.3) is 10.9 Å². The number of benzene rings is 1. The van der Waals surface area contributed by atoms with Crippen molar-refractivity contribution in [1.29, 1.82) is 0 Å². The summed E-state index contributed by atoms with van der Waals surface area (Å²) in [5.74, 6) is 1.34. The number of aliphatic imine (C=N–C) groups is 1. The largest absolute Gasteiger partial charge is 0.478 e. The molecule has 36 heavy (non-hydrogen) atoms. The van der Waals surface area contributed by atoms with Gasteiger partial charge in [0.15, 0.2) is 12.4 Å². The van der Waals surface area contributed by atoms with Crippen LogP contribution >= 0.6 is 0 Å². The van der Waals surface area contributed by atoms with Gasteiger partial charge in [-0.25, -0.2) is 4.99 Å². The predicted molar refractivity (Wildman–Crippen MR) is 145 cm³/mol. The molecule has 0 atom stereocenters. The van der Waals surface area contributed by atoms with Crippen LogP contribution in [0.1, 0.15) is 46.6 Å². The van der Waals surface area contributed by atoms with Gasteiger partial charge in [0, 0.05) is 37.3 Å². The molecule has 1 aliphatic rings. The van der Waals surface area contributed by atoms with E-state index >= 15 is 0 Å². The van der Waals surface area contributed by atoms with Crippen molar-refractivity contribution in [2.24, 2.45) is 4.99 Å². The third-order valence-corrected chi connectivity index (χ3v) is 6.30. The Bertz CT molecular complexity index is 1240. The molecule has 194 valence electrons. The van der Waals surface area contributed by atoms with E-state index in [1.807, 2.05) is 45.9 Å². The summed E-state index contributed by atoms with van der Waals surface area (Å²) >= 11 is 0. The molecule has 9 nitrogen and oxygen atoms in total. The number of likely N-dealkylation sites (tertiary alicyclic amines) is 1. The monoisotopic (exact) mass is 495 g/mol. The highest BCUT2D eigenvalue weighted by atomic mass is 16.5. The van der Waals surface area contributed by atoms with E-state index in [0.29, 0.717) is 5.82 Å². The number of ether oxygens (including phenoxy) is 1. The number of carbonyl (C=O) groups excluding carboxylic acids is 1. The smallest absolute Gasteiger partial charge is 0.293 e. The normalized spacial score (nSPS) is 15.6. The fourth-order valence-electron chi connectivity index (χ4n) is 4.10. The molecule has 3 N–H and O–H groups in total. The van der Waals surface area contributed by atoms with Gasteiger partial charge in [0.2, 0.25) is 0 Å². The number of nitrogens with one attached hydrogen (secondary N) is 2. The second-order valence-electron chi connectivity index (χ2n) is 9.25. The van der Waals surface area contributed by atoms with Gasteiger partial charge in [0.05, 0.1) is 11.6 Å². The number of amides is 1. The average molecular weight is 496 g/mol. The summed E-state index contributed by atoms with van der Waals surface area (Å²) in [6.07, 6.45) is 2.96. The first-order valence-corrected chi connectivity index (χ1v) is 12.3. The molecule has 1 aromatic carbocycles. The Balaban J connectivity index is 1.97. The van der Waals surface area contributed by atoms with Gasteiger partial charge in [-0.2, -0.15) is 0 Å². The molecule has 0 unspecified atom stereocenters. The van der Waals surface area contributed by atoms with E-state index in [1.54, 1.807) is 16.7 Å². The zero-order valence-corrected chi connectivity index (χ0v) is 21.8. The average Bonchev–Trinajstić information content (AvgIpc) is 2.86. The second kappa shape index (κ2) is 11.9. The lowest BCUT2D eigenvalue weighted by Crippen LogP contribution is -2.39. The van der Waals surface area contributed by atoms with Crippen LogP contribution in [0.3, 0.4) is 0 Å². The third kappa shape index (κ3) is 6.34. The summed E-state index contributed by atoms with van der Waals surface area (Å²) in [4.78, 5) is 31.7. The molecule has 2 heterocycles. The van der Waals surface area contributed by atoms with Gasteiger partial charge in [-0.05, 0) is 70.4 Å². The molecule has 0 bridgehead atoms. The number of rotatable bonds is 8. The van der Waals surface area contributed by atoms with Crippen LogP contribution in [0.2, 0.25) is 0 Å². The van der Waals surface area contributed by atoms with Gasteiger partial charge in [0.1, 0.15) is 11.7 Å². The maximum absolute atomic E-state index is 13.0. The van der Waals surface area contributed by atoms with Crippen molar-refractivity contribution in [3.8, 4) is 5.75 Å². The zero-order chi connectivity index (χ0) is 26.4. The number of pyridine rings is 1. The van der Waals surface area contributed by atoms with Crippen molar-refractivity contribution in [3.05, 3.63) is 58.7 Å². The maximum atomic E-state index is 13.0. The Hall–Kier alpha value is -3.59. The Morgan fingerprint density at radius 2 is 1.97 bits per heavy atom. The molecular formula is C27H37N5O4. The number of allylic oxidation sites excluding steroid dienone is 2. The molecule has 2 aromatic rings. The number of nitrogens with zero attached hydrogens (tertiary/aromatic N) is 3. The van der Waals surface area contributed by atoms with Crippen molar-refractivity contribution in [1.82, 2.24) is 14.8 Å². The maximum Gasteiger partial charge on any atom is 0.293 e. The minimum Gasteiger partial charge on any atom is -0.478 e. The number of hydrogen-bond donors (Lipinski definition) is 3. The van der Waals surface area contributed by atoms with Crippen molar-refractivity contribution in [3.63, 3.8) is 0 Å². The lowest BCUT2D eigenvalue weighted by molar-refractivity contribution is -0.122. The molecule has 1 aromatic heterocycles. The number of aliphatic hydroxyl groups excluding tert-OH is 1. The Labute approximate surface area is 212 Å². The number of aromatic nitrogens is 1. The third-order valence-electron chi connectivity index (χ3n) is 6.30. The van der Waals surface area contributed by atoms with Crippen LogP contribution in [0.5, 0.6) is 5.75 Å². The van der Waals surface area contributed by atoms with Crippen molar-refractivity contribution < 1.29 is 14.6 Å². The summed E-state index contributed by atoms with van der Waals surface area (Å²) in [6, 6.07) is 7.30. The summed E-state index contributed by atoms with van der Waals surface area (Å²) in [6.45, 7) is 13.0. The fraction of sp³-hybridized carbons (Fsp3) is 0.444. The van der Waals surface area contributed by atoms with E-state index in [4.69, 9.17) is 9.73 Å². The van der Waals surface area contributed by atoms with E-state index in [-0.39, 0.29) is 36.0 Å². The van der Waals surface area contributed by atoms with Crippen LogP contribution in [0, 0.1) is 0 Å². The van der Waals surface area contributed by atoms with Gasteiger partial charge in [0.25, 0.3) is 11.5 Å². The fourth-order valence-corrected chi connectivity index (χ4v) is 4.10. The standard InChI is InChI=1S/C27H37N5O4/c1-7-18(4)26(29-19(5)31-12-10-22(33)11-13-31)30-21-8-9-23-20(14-21)15-24(36-16-25(34)28-6)27(35)32(23)17(2)3/h7-9,14-15,17,22,30,33H,1,10-13,16H2,2-6H3,(H,28,34)/b26-18+,29-19?. The SMILES string of the molecule is C=C/C(C)=C(\N=C(C)N1CCC(O)CC1)Nc1ccc2c(c1)cc(OCC(=O)NC)c(=O)n2C(C)C.